The highest BCUT2D eigenvalue weighted by atomic mass is 16.5. The van der Waals surface area contributed by atoms with Gasteiger partial charge in [0.05, 0.1) is 31.5 Å². The average molecular weight is 318 g/mol. The molecular weight excluding hydrogens is 296 g/mol. The molecule has 0 saturated carbocycles. The van der Waals surface area contributed by atoms with Crippen molar-refractivity contribution >= 4 is 5.91 Å². The maximum absolute atomic E-state index is 12.7. The second-order valence-corrected chi connectivity index (χ2v) is 5.10. The van der Waals surface area contributed by atoms with Gasteiger partial charge in [-0.2, -0.15) is 5.10 Å². The molecule has 1 amide bonds. The highest BCUT2D eigenvalue weighted by Crippen LogP contribution is 2.26. The minimum absolute atomic E-state index is 0.152. The summed E-state index contributed by atoms with van der Waals surface area (Å²) in [4.78, 5) is 14.3. The third-order valence-electron chi connectivity index (χ3n) is 3.34. The fourth-order valence-corrected chi connectivity index (χ4v) is 2.10. The van der Waals surface area contributed by atoms with Crippen molar-refractivity contribution in [3.63, 3.8) is 0 Å². The zero-order valence-corrected chi connectivity index (χ0v) is 13.4. The molecule has 0 unspecified atom stereocenters. The van der Waals surface area contributed by atoms with Crippen molar-refractivity contribution in [2.45, 2.75) is 13.0 Å². The highest BCUT2D eigenvalue weighted by Gasteiger charge is 2.18. The summed E-state index contributed by atoms with van der Waals surface area (Å²) < 4.78 is 10.9. The smallest absolute Gasteiger partial charge is 0.257 e. The molecule has 23 heavy (non-hydrogen) atoms. The molecule has 0 aliphatic heterocycles. The second-order valence-electron chi connectivity index (χ2n) is 5.10. The maximum Gasteiger partial charge on any atom is 0.257 e. The average Bonchev–Trinajstić information content (AvgIpc) is 3.07. The van der Waals surface area contributed by atoms with Crippen LogP contribution in [0.5, 0.6) is 11.5 Å². The summed E-state index contributed by atoms with van der Waals surface area (Å²) in [5.74, 6) is 0.983. The first-order valence-electron chi connectivity index (χ1n) is 7.40. The Morgan fingerprint density at radius 1 is 1.39 bits per heavy atom. The van der Waals surface area contributed by atoms with Gasteiger partial charge < -0.3 is 20.1 Å². The van der Waals surface area contributed by atoms with E-state index in [0.29, 0.717) is 36.8 Å². The van der Waals surface area contributed by atoms with Crippen molar-refractivity contribution in [3.8, 4) is 11.5 Å². The van der Waals surface area contributed by atoms with Crippen LogP contribution in [0, 0.1) is 0 Å². The number of rotatable bonds is 8. The first kappa shape index (κ1) is 16.8. The summed E-state index contributed by atoms with van der Waals surface area (Å²) in [5, 5.41) is 6.72. The lowest BCUT2D eigenvalue weighted by Gasteiger charge is -2.19. The number of nitrogens with zero attached hydrogens (tertiary/aromatic N) is 2. The Morgan fingerprint density at radius 3 is 2.87 bits per heavy atom. The molecule has 1 aromatic heterocycles. The van der Waals surface area contributed by atoms with Crippen LogP contribution in [0.4, 0.5) is 0 Å². The lowest BCUT2D eigenvalue weighted by Crippen LogP contribution is -2.27. The zero-order chi connectivity index (χ0) is 16.7. The van der Waals surface area contributed by atoms with E-state index in [2.05, 4.69) is 10.2 Å². The third-order valence-corrected chi connectivity index (χ3v) is 3.34. The van der Waals surface area contributed by atoms with E-state index in [-0.39, 0.29) is 5.91 Å². The van der Waals surface area contributed by atoms with Gasteiger partial charge in [-0.25, -0.2) is 0 Å². The molecule has 7 nitrogen and oxygen atoms in total. The standard InChI is InChI=1S/C16H22N4O3/c1-20(11-12-6-8-18-19-12)16(21)14-10-13(22-2)4-5-15(14)23-9-3-7-17/h4-6,8,10H,3,7,9,11,17H2,1-2H3,(H,18,19). The number of methoxy groups -OCH3 is 1. The first-order chi connectivity index (χ1) is 11.2. The van der Waals surface area contributed by atoms with Crippen LogP contribution in [0.25, 0.3) is 0 Å². The van der Waals surface area contributed by atoms with Gasteiger partial charge >= 0.3 is 0 Å². The molecule has 2 aromatic rings. The molecule has 0 atom stereocenters. The molecule has 0 spiro atoms. The molecule has 124 valence electrons. The van der Waals surface area contributed by atoms with Crippen molar-refractivity contribution in [1.82, 2.24) is 15.1 Å². The van der Waals surface area contributed by atoms with Crippen LogP contribution in [0.3, 0.4) is 0 Å². The SMILES string of the molecule is COc1ccc(OCCCN)c(C(=O)N(C)Cc2ccn[nH]2)c1. The summed E-state index contributed by atoms with van der Waals surface area (Å²) >= 11 is 0. The van der Waals surface area contributed by atoms with Crippen molar-refractivity contribution in [3.05, 3.63) is 41.7 Å². The number of carbonyl (C=O) groups is 1. The predicted molar refractivity (Wildman–Crippen MR) is 86.5 cm³/mol. The van der Waals surface area contributed by atoms with Crippen molar-refractivity contribution in [2.75, 3.05) is 27.3 Å². The Morgan fingerprint density at radius 2 is 2.22 bits per heavy atom. The summed E-state index contributed by atoms with van der Waals surface area (Å²) in [5.41, 5.74) is 6.79. The molecule has 2 rings (SSSR count). The number of H-pyrrole nitrogens is 1. The predicted octanol–water partition coefficient (Wildman–Crippen LogP) is 1.42. The largest absolute Gasteiger partial charge is 0.497 e. The molecular formula is C16H22N4O3. The van der Waals surface area contributed by atoms with Gasteiger partial charge in [0.25, 0.3) is 5.91 Å². The Balaban J connectivity index is 2.18. The van der Waals surface area contributed by atoms with E-state index in [1.807, 2.05) is 6.07 Å². The lowest BCUT2D eigenvalue weighted by molar-refractivity contribution is 0.0778. The van der Waals surface area contributed by atoms with E-state index >= 15 is 0 Å². The van der Waals surface area contributed by atoms with Crippen LogP contribution in [0.2, 0.25) is 0 Å². The molecule has 0 radical (unpaired) electrons. The molecule has 0 bridgehead atoms. The highest BCUT2D eigenvalue weighted by molar-refractivity contribution is 5.97. The quantitative estimate of drug-likeness (QED) is 0.718. The normalized spacial score (nSPS) is 10.4. The van der Waals surface area contributed by atoms with Crippen LogP contribution in [-0.2, 0) is 6.54 Å². The van der Waals surface area contributed by atoms with Crippen molar-refractivity contribution in [1.29, 1.82) is 0 Å². The van der Waals surface area contributed by atoms with E-state index in [0.717, 1.165) is 12.1 Å². The van der Waals surface area contributed by atoms with Crippen LogP contribution < -0.4 is 15.2 Å². The fourth-order valence-electron chi connectivity index (χ4n) is 2.10. The minimum Gasteiger partial charge on any atom is -0.497 e. The number of hydrogen-bond donors (Lipinski definition) is 2. The number of benzene rings is 1. The fraction of sp³-hybridized carbons (Fsp3) is 0.375. The minimum atomic E-state index is -0.152. The van der Waals surface area contributed by atoms with Crippen molar-refractivity contribution in [2.24, 2.45) is 5.73 Å². The molecule has 3 N–H and O–H groups in total. The molecule has 0 aliphatic rings. The van der Waals surface area contributed by atoms with Gasteiger partial charge in [-0.3, -0.25) is 9.89 Å². The van der Waals surface area contributed by atoms with Crippen LogP contribution >= 0.6 is 0 Å². The van der Waals surface area contributed by atoms with Gasteiger partial charge in [0.15, 0.2) is 0 Å². The molecule has 7 heteroatoms. The van der Waals surface area contributed by atoms with Gasteiger partial charge in [-0.15, -0.1) is 0 Å². The Kier molecular flexibility index (Phi) is 5.99. The Bertz CT molecular complexity index is 628. The molecule has 0 fully saturated rings. The number of carbonyl (C=O) groups excluding carboxylic acids is 1. The number of ether oxygens (including phenoxy) is 2. The van der Waals surface area contributed by atoms with Crippen LogP contribution in [-0.4, -0.2) is 48.3 Å². The zero-order valence-electron chi connectivity index (χ0n) is 13.4. The first-order valence-corrected chi connectivity index (χ1v) is 7.40. The van der Waals surface area contributed by atoms with Crippen LogP contribution in [0.15, 0.2) is 30.5 Å². The molecule has 0 aliphatic carbocycles. The lowest BCUT2D eigenvalue weighted by atomic mass is 10.1. The van der Waals surface area contributed by atoms with E-state index in [1.165, 1.54) is 0 Å². The van der Waals surface area contributed by atoms with E-state index < -0.39 is 0 Å². The van der Waals surface area contributed by atoms with Crippen LogP contribution in [0.1, 0.15) is 22.5 Å². The van der Waals surface area contributed by atoms with E-state index in [4.69, 9.17) is 15.2 Å². The number of aromatic nitrogens is 2. The maximum atomic E-state index is 12.7. The van der Waals surface area contributed by atoms with Gasteiger partial charge in [0.1, 0.15) is 11.5 Å². The van der Waals surface area contributed by atoms with Gasteiger partial charge in [-0.05, 0) is 37.2 Å². The number of aromatic amines is 1. The number of hydrogen-bond acceptors (Lipinski definition) is 5. The number of nitrogens with one attached hydrogen (secondary N) is 1. The number of nitrogens with two attached hydrogens (primary N) is 1. The summed E-state index contributed by atoms with van der Waals surface area (Å²) in [6, 6.07) is 7.02. The molecule has 1 aromatic carbocycles. The number of amides is 1. The van der Waals surface area contributed by atoms with Gasteiger partial charge in [0, 0.05) is 13.2 Å². The topological polar surface area (TPSA) is 93.5 Å². The van der Waals surface area contributed by atoms with E-state index in [1.54, 1.807) is 43.5 Å². The summed E-state index contributed by atoms with van der Waals surface area (Å²) in [6.07, 6.45) is 2.38. The molecule has 1 heterocycles. The third kappa shape index (κ3) is 4.46. The Hall–Kier alpha value is -2.54. The summed E-state index contributed by atoms with van der Waals surface area (Å²) in [7, 11) is 3.29. The second kappa shape index (κ2) is 8.19. The van der Waals surface area contributed by atoms with Gasteiger partial charge in [0.2, 0.25) is 0 Å². The monoisotopic (exact) mass is 318 g/mol. The summed E-state index contributed by atoms with van der Waals surface area (Å²) in [6.45, 7) is 1.44. The van der Waals surface area contributed by atoms with Gasteiger partial charge in [-0.1, -0.05) is 0 Å². The van der Waals surface area contributed by atoms with E-state index in [9.17, 15) is 4.79 Å². The Labute approximate surface area is 135 Å². The molecule has 0 saturated heterocycles. The van der Waals surface area contributed by atoms with Crippen molar-refractivity contribution < 1.29 is 14.3 Å².